The van der Waals surface area contributed by atoms with Crippen LogP contribution in [0.25, 0.3) is 11.4 Å². The number of para-hydroxylation sites is 1. The average molecular weight is 722 g/mol. The Morgan fingerprint density at radius 1 is 0.904 bits per heavy atom. The third-order valence-electron chi connectivity index (χ3n) is 10.7. The summed E-state index contributed by atoms with van der Waals surface area (Å²) >= 11 is 1.26. The maximum Gasteiger partial charge on any atom is 0.287 e. The summed E-state index contributed by atoms with van der Waals surface area (Å²) in [6, 6.07) is 23.7. The second kappa shape index (κ2) is 15.5. The summed E-state index contributed by atoms with van der Waals surface area (Å²) in [4.78, 5) is 30.5. The lowest BCUT2D eigenvalue weighted by atomic mass is 9.76. The largest absolute Gasteiger partial charge is 0.482 e. The number of tetrazole rings is 1. The van der Waals surface area contributed by atoms with Crippen LogP contribution in [-0.4, -0.2) is 55.0 Å². The number of hydrogen-bond donors (Lipinski definition) is 1. The second-order valence-corrected chi connectivity index (χ2v) is 15.9. The summed E-state index contributed by atoms with van der Waals surface area (Å²) in [7, 11) is 0. The third-order valence-corrected chi connectivity index (χ3v) is 11.7. The van der Waals surface area contributed by atoms with Gasteiger partial charge in [-0.05, 0) is 107 Å². The Hall–Kier alpha value is -4.64. The monoisotopic (exact) mass is 721 g/mol. The van der Waals surface area contributed by atoms with Gasteiger partial charge in [-0.1, -0.05) is 90.9 Å². The lowest BCUT2D eigenvalue weighted by Crippen LogP contribution is -2.30. The third kappa shape index (κ3) is 7.74. The molecular weight excluding hydrogens is 671 g/mol. The minimum atomic E-state index is -0.572. The van der Waals surface area contributed by atoms with Crippen LogP contribution < -0.4 is 15.2 Å². The van der Waals surface area contributed by atoms with Crippen molar-refractivity contribution in [3.63, 3.8) is 0 Å². The number of rotatable bonds is 15. The molecule has 0 saturated carbocycles. The van der Waals surface area contributed by atoms with Crippen LogP contribution in [0.3, 0.4) is 0 Å². The summed E-state index contributed by atoms with van der Waals surface area (Å²) < 4.78 is 9.76. The molecule has 0 radical (unpaired) electrons. The van der Waals surface area contributed by atoms with Crippen molar-refractivity contribution in [3.05, 3.63) is 99.8 Å². The predicted octanol–water partition coefficient (Wildman–Crippen LogP) is 8.24. The molecule has 11 heteroatoms. The van der Waals surface area contributed by atoms with Crippen molar-refractivity contribution in [1.82, 2.24) is 30.0 Å². The molecule has 0 aliphatic carbocycles. The van der Waals surface area contributed by atoms with E-state index in [0.29, 0.717) is 22.2 Å². The first-order chi connectivity index (χ1) is 25.0. The SMILES string of the molecule is CCC(Oc1ccc(C(C)(C)CC)cc1C(C)(C)CC)C(=O)Cc1ccc(-n2[nH]c(N3CCCC3)c(Sc3nnnn3-c3ccccc3)c2=O)cc1. The number of ether oxygens (including phenoxy) is 1. The highest BCUT2D eigenvalue weighted by atomic mass is 32.2. The topological polar surface area (TPSA) is 111 Å². The number of hydrogen-bond acceptors (Lipinski definition) is 8. The average Bonchev–Trinajstić information content (AvgIpc) is 3.93. The zero-order chi connectivity index (χ0) is 37.0. The number of aromatic nitrogens is 6. The maximum atomic E-state index is 14.0. The van der Waals surface area contributed by atoms with Crippen LogP contribution in [0.5, 0.6) is 5.75 Å². The van der Waals surface area contributed by atoms with E-state index in [2.05, 4.69) is 85.3 Å². The van der Waals surface area contributed by atoms with Crippen molar-refractivity contribution < 1.29 is 9.53 Å². The summed E-state index contributed by atoms with van der Waals surface area (Å²) in [6.45, 7) is 17.1. The van der Waals surface area contributed by atoms with Gasteiger partial charge in [0.2, 0.25) is 5.16 Å². The van der Waals surface area contributed by atoms with Crippen LogP contribution in [-0.2, 0) is 22.0 Å². The smallest absolute Gasteiger partial charge is 0.287 e. The molecule has 0 amide bonds. The molecule has 1 aliphatic rings. The van der Waals surface area contributed by atoms with Gasteiger partial charge in [-0.25, -0.2) is 4.68 Å². The van der Waals surface area contributed by atoms with Crippen molar-refractivity contribution in [3.8, 4) is 17.1 Å². The minimum absolute atomic E-state index is 0.0247. The second-order valence-electron chi connectivity index (χ2n) is 14.9. The minimum Gasteiger partial charge on any atom is -0.482 e. The summed E-state index contributed by atoms with van der Waals surface area (Å²) in [6.07, 6.45) is 4.32. The van der Waals surface area contributed by atoms with Crippen molar-refractivity contribution in [2.75, 3.05) is 18.0 Å². The van der Waals surface area contributed by atoms with Crippen molar-refractivity contribution >= 4 is 23.4 Å². The van der Waals surface area contributed by atoms with Crippen LogP contribution in [0.15, 0.2) is 87.6 Å². The van der Waals surface area contributed by atoms with E-state index >= 15 is 0 Å². The number of aromatic amines is 1. The lowest BCUT2D eigenvalue weighted by Gasteiger charge is -2.31. The van der Waals surface area contributed by atoms with E-state index < -0.39 is 6.10 Å². The van der Waals surface area contributed by atoms with Gasteiger partial charge in [-0.2, -0.15) is 4.68 Å². The summed E-state index contributed by atoms with van der Waals surface area (Å²) in [5.74, 6) is 1.57. The Bertz CT molecular complexity index is 2040. The van der Waals surface area contributed by atoms with Gasteiger partial charge in [0.1, 0.15) is 16.5 Å². The van der Waals surface area contributed by atoms with E-state index in [1.165, 1.54) is 17.3 Å². The van der Waals surface area contributed by atoms with Gasteiger partial charge in [0.25, 0.3) is 5.56 Å². The molecule has 2 aromatic heterocycles. The van der Waals surface area contributed by atoms with E-state index in [9.17, 15) is 9.59 Å². The Balaban J connectivity index is 1.22. The molecule has 1 unspecified atom stereocenters. The molecule has 10 nitrogen and oxygen atoms in total. The molecule has 5 aromatic rings. The van der Waals surface area contributed by atoms with Gasteiger partial charge in [0, 0.05) is 25.1 Å². The quantitative estimate of drug-likeness (QED) is 0.115. The molecule has 1 fully saturated rings. The molecule has 3 heterocycles. The van der Waals surface area contributed by atoms with Gasteiger partial charge < -0.3 is 9.64 Å². The lowest BCUT2D eigenvalue weighted by molar-refractivity contribution is -0.125. The molecule has 274 valence electrons. The Morgan fingerprint density at radius 2 is 1.60 bits per heavy atom. The molecule has 1 atom stereocenters. The molecule has 1 aliphatic heterocycles. The van der Waals surface area contributed by atoms with Crippen LogP contribution >= 0.6 is 11.8 Å². The molecule has 1 saturated heterocycles. The zero-order valence-electron chi connectivity index (χ0n) is 31.5. The Labute approximate surface area is 310 Å². The molecule has 3 aromatic carbocycles. The highest BCUT2D eigenvalue weighted by molar-refractivity contribution is 7.99. The number of carbonyl (C=O) groups excluding carboxylic acids is 1. The summed E-state index contributed by atoms with van der Waals surface area (Å²) in [5, 5.41) is 16.2. The molecule has 52 heavy (non-hydrogen) atoms. The van der Waals surface area contributed by atoms with E-state index in [1.807, 2.05) is 61.5 Å². The van der Waals surface area contributed by atoms with Gasteiger partial charge in [0.05, 0.1) is 11.4 Å². The molecular formula is C41H51N7O3S. The standard InChI is InChI=1S/C41H51N7O3S/c1-8-34(51-35-23-20-29(40(4,5)9-2)27-32(35)41(6,7)10-3)33(49)26-28-18-21-31(22-19-28)47-38(50)36(37(43-47)46-24-14-15-25-46)52-39-42-44-45-48(39)30-16-12-11-13-17-30/h11-13,16-23,27,34,43H,8-10,14-15,24-26H2,1-7H3. The predicted molar refractivity (Wildman–Crippen MR) is 208 cm³/mol. The number of anilines is 1. The molecule has 0 bridgehead atoms. The Morgan fingerprint density at radius 3 is 2.25 bits per heavy atom. The van der Waals surface area contributed by atoms with Crippen molar-refractivity contribution in [2.45, 2.75) is 114 Å². The van der Waals surface area contributed by atoms with E-state index in [-0.39, 0.29) is 28.6 Å². The normalized spacial score (nSPS) is 14.2. The maximum absolute atomic E-state index is 14.0. The number of nitrogens with one attached hydrogen (secondary N) is 1. The van der Waals surface area contributed by atoms with Gasteiger partial charge in [-0.3, -0.25) is 14.7 Å². The van der Waals surface area contributed by atoms with E-state index in [1.54, 1.807) is 9.36 Å². The Kier molecular flexibility index (Phi) is 11.1. The van der Waals surface area contributed by atoms with Crippen molar-refractivity contribution in [2.24, 2.45) is 0 Å². The molecule has 6 rings (SSSR count). The zero-order valence-corrected chi connectivity index (χ0v) is 32.3. The van der Waals surface area contributed by atoms with Crippen LogP contribution in [0.1, 0.15) is 97.3 Å². The fourth-order valence-electron chi connectivity index (χ4n) is 6.49. The number of carbonyl (C=O) groups is 1. The van der Waals surface area contributed by atoms with Crippen LogP contribution in [0.2, 0.25) is 0 Å². The molecule has 0 spiro atoms. The number of benzene rings is 3. The van der Waals surface area contributed by atoms with Crippen LogP contribution in [0.4, 0.5) is 5.82 Å². The van der Waals surface area contributed by atoms with Gasteiger partial charge in [-0.15, -0.1) is 5.10 Å². The highest BCUT2D eigenvalue weighted by Crippen LogP contribution is 2.39. The highest BCUT2D eigenvalue weighted by Gasteiger charge is 2.29. The number of ketones is 1. The first-order valence-electron chi connectivity index (χ1n) is 18.5. The van der Waals surface area contributed by atoms with E-state index in [4.69, 9.17) is 4.74 Å². The fourth-order valence-corrected chi connectivity index (χ4v) is 7.43. The first kappa shape index (κ1) is 37.1. The van der Waals surface area contributed by atoms with Gasteiger partial charge in [0.15, 0.2) is 11.9 Å². The number of nitrogens with zero attached hydrogens (tertiary/aromatic N) is 6. The summed E-state index contributed by atoms with van der Waals surface area (Å²) in [5.41, 5.74) is 4.54. The number of H-pyrrole nitrogens is 1. The molecule has 1 N–H and O–H groups in total. The first-order valence-corrected chi connectivity index (χ1v) is 19.3. The fraction of sp³-hybridized carbons (Fsp3) is 0.439. The van der Waals surface area contributed by atoms with Gasteiger partial charge >= 0.3 is 0 Å². The van der Waals surface area contributed by atoms with Crippen molar-refractivity contribution in [1.29, 1.82) is 0 Å². The van der Waals surface area contributed by atoms with E-state index in [0.717, 1.165) is 67.2 Å². The number of Topliss-reactive ketones (excluding diaryl/α,β-unsaturated/α-hetero) is 1. The van der Waals surface area contributed by atoms with Crippen LogP contribution in [0, 0.1) is 0 Å².